The number of carbonyl (C=O) groups is 2. The Morgan fingerprint density at radius 3 is 2.17 bits per heavy atom. The minimum Gasteiger partial charge on any atom is -0.494 e. The van der Waals surface area contributed by atoms with Crippen LogP contribution in [0.1, 0.15) is 47.9 Å². The van der Waals surface area contributed by atoms with Crippen molar-refractivity contribution in [3.05, 3.63) is 59.7 Å². The van der Waals surface area contributed by atoms with E-state index in [0.29, 0.717) is 55.0 Å². The smallest absolute Gasteiger partial charge is 0.269 e. The van der Waals surface area contributed by atoms with Gasteiger partial charge in [0, 0.05) is 17.7 Å². The second-order valence-electron chi connectivity index (χ2n) is 7.04. The predicted molar refractivity (Wildman–Crippen MR) is 115 cm³/mol. The number of amides is 2. The van der Waals surface area contributed by atoms with Crippen molar-refractivity contribution >= 4 is 11.8 Å². The Labute approximate surface area is 177 Å². The first-order chi connectivity index (χ1) is 14.5. The van der Waals surface area contributed by atoms with Crippen molar-refractivity contribution < 1.29 is 23.8 Å². The van der Waals surface area contributed by atoms with Gasteiger partial charge in [-0.25, -0.2) is 0 Å². The number of carbonyl (C=O) groups excluding carboxylic acids is 2. The average molecular weight is 415 g/mol. The molecule has 7 heteroatoms. The van der Waals surface area contributed by atoms with E-state index in [1.807, 2.05) is 6.92 Å². The molecule has 2 N–H and O–H groups in total. The first kappa shape index (κ1) is 23.2. The highest BCUT2D eigenvalue weighted by atomic mass is 16.5. The molecule has 7 nitrogen and oxygen atoms in total. The van der Waals surface area contributed by atoms with Crippen LogP contribution >= 0.6 is 0 Å². The van der Waals surface area contributed by atoms with Crippen LogP contribution in [0.3, 0.4) is 0 Å². The summed E-state index contributed by atoms with van der Waals surface area (Å²) in [7, 11) is 0. The fourth-order valence-electron chi connectivity index (χ4n) is 2.46. The minimum absolute atomic E-state index is 0.373. The van der Waals surface area contributed by atoms with Crippen molar-refractivity contribution in [3.8, 4) is 11.5 Å². The molecule has 30 heavy (non-hydrogen) atoms. The summed E-state index contributed by atoms with van der Waals surface area (Å²) in [5.41, 5.74) is 5.62. The maximum Gasteiger partial charge on any atom is 0.269 e. The predicted octanol–water partition coefficient (Wildman–Crippen LogP) is 3.60. The van der Waals surface area contributed by atoms with Crippen molar-refractivity contribution in [3.63, 3.8) is 0 Å². The topological polar surface area (TPSA) is 85.9 Å². The maximum absolute atomic E-state index is 12.3. The summed E-state index contributed by atoms with van der Waals surface area (Å²) in [6.07, 6.45) is 0.965. The van der Waals surface area contributed by atoms with Crippen molar-refractivity contribution in [2.24, 2.45) is 5.92 Å². The SMILES string of the molecule is CCOCCOc1cccc(C(=O)NNC(=O)c2ccc(OCCC(C)C)cc2)c1. The van der Waals surface area contributed by atoms with Gasteiger partial charge in [-0.1, -0.05) is 19.9 Å². The third-order valence-electron chi connectivity index (χ3n) is 4.17. The van der Waals surface area contributed by atoms with Crippen LogP contribution in [-0.2, 0) is 4.74 Å². The summed E-state index contributed by atoms with van der Waals surface area (Å²) in [5, 5.41) is 0. The van der Waals surface area contributed by atoms with E-state index < -0.39 is 11.8 Å². The Balaban J connectivity index is 1.82. The van der Waals surface area contributed by atoms with Crippen molar-refractivity contribution in [2.45, 2.75) is 27.2 Å². The van der Waals surface area contributed by atoms with Crippen molar-refractivity contribution in [1.82, 2.24) is 10.9 Å². The largest absolute Gasteiger partial charge is 0.494 e. The molecule has 0 aliphatic rings. The molecule has 2 aromatic rings. The molecule has 2 rings (SSSR count). The Morgan fingerprint density at radius 1 is 0.833 bits per heavy atom. The van der Waals surface area contributed by atoms with Crippen LogP contribution in [0.25, 0.3) is 0 Å². The number of rotatable bonds is 11. The molecular formula is C23H30N2O5. The molecule has 0 radical (unpaired) electrons. The number of ether oxygens (including phenoxy) is 3. The third kappa shape index (κ3) is 8.13. The highest BCUT2D eigenvalue weighted by Crippen LogP contribution is 2.14. The molecule has 0 fully saturated rings. The zero-order valence-corrected chi connectivity index (χ0v) is 17.8. The van der Waals surface area contributed by atoms with Gasteiger partial charge in [-0.15, -0.1) is 0 Å². The van der Waals surface area contributed by atoms with Gasteiger partial charge in [-0.2, -0.15) is 0 Å². The van der Waals surface area contributed by atoms with Crippen LogP contribution in [0, 0.1) is 5.92 Å². The van der Waals surface area contributed by atoms with Gasteiger partial charge in [0.25, 0.3) is 11.8 Å². The monoisotopic (exact) mass is 414 g/mol. The Kier molecular flexibility index (Phi) is 9.67. The summed E-state index contributed by atoms with van der Waals surface area (Å²) >= 11 is 0. The molecule has 0 aliphatic heterocycles. The molecule has 0 heterocycles. The second kappa shape index (κ2) is 12.5. The zero-order chi connectivity index (χ0) is 21.8. The van der Waals surface area contributed by atoms with Gasteiger partial charge in [0.2, 0.25) is 0 Å². The van der Waals surface area contributed by atoms with Crippen LogP contribution < -0.4 is 20.3 Å². The van der Waals surface area contributed by atoms with E-state index in [4.69, 9.17) is 14.2 Å². The Hall–Kier alpha value is -3.06. The van der Waals surface area contributed by atoms with E-state index in [2.05, 4.69) is 24.7 Å². The molecule has 0 aliphatic carbocycles. The quantitative estimate of drug-likeness (QED) is 0.433. The second-order valence-corrected chi connectivity index (χ2v) is 7.04. The third-order valence-corrected chi connectivity index (χ3v) is 4.17. The molecule has 0 spiro atoms. The van der Waals surface area contributed by atoms with Crippen LogP contribution in [0.2, 0.25) is 0 Å². The van der Waals surface area contributed by atoms with Crippen LogP contribution in [0.15, 0.2) is 48.5 Å². The van der Waals surface area contributed by atoms with Gasteiger partial charge in [0.1, 0.15) is 18.1 Å². The van der Waals surface area contributed by atoms with E-state index in [0.717, 1.165) is 6.42 Å². The van der Waals surface area contributed by atoms with Crippen LogP contribution in [-0.4, -0.2) is 38.2 Å². The number of hydrogen-bond donors (Lipinski definition) is 2. The number of hydrazine groups is 1. The van der Waals surface area contributed by atoms with E-state index >= 15 is 0 Å². The number of benzene rings is 2. The fourth-order valence-corrected chi connectivity index (χ4v) is 2.46. The number of hydrogen-bond acceptors (Lipinski definition) is 5. The molecule has 0 bridgehead atoms. The molecule has 0 saturated carbocycles. The molecule has 2 amide bonds. The summed E-state index contributed by atoms with van der Waals surface area (Å²) in [5.74, 6) is 0.980. The van der Waals surface area contributed by atoms with E-state index in [9.17, 15) is 9.59 Å². The summed E-state index contributed by atoms with van der Waals surface area (Å²) < 4.78 is 16.4. The molecule has 0 atom stereocenters. The lowest BCUT2D eigenvalue weighted by atomic mass is 10.1. The van der Waals surface area contributed by atoms with E-state index in [-0.39, 0.29) is 0 Å². The lowest BCUT2D eigenvalue weighted by molar-refractivity contribution is 0.0846. The number of nitrogens with one attached hydrogen (secondary N) is 2. The highest BCUT2D eigenvalue weighted by molar-refractivity contribution is 5.99. The van der Waals surface area contributed by atoms with Crippen molar-refractivity contribution in [1.29, 1.82) is 0 Å². The molecule has 0 unspecified atom stereocenters. The maximum atomic E-state index is 12.3. The summed E-state index contributed by atoms with van der Waals surface area (Å²) in [6.45, 7) is 8.31. The first-order valence-corrected chi connectivity index (χ1v) is 10.1. The van der Waals surface area contributed by atoms with E-state index in [1.54, 1.807) is 48.5 Å². The Morgan fingerprint density at radius 2 is 1.50 bits per heavy atom. The van der Waals surface area contributed by atoms with Gasteiger partial charge < -0.3 is 14.2 Å². The van der Waals surface area contributed by atoms with Gasteiger partial charge in [0.15, 0.2) is 0 Å². The van der Waals surface area contributed by atoms with Crippen LogP contribution in [0.4, 0.5) is 0 Å². The molecular weight excluding hydrogens is 384 g/mol. The lowest BCUT2D eigenvalue weighted by Crippen LogP contribution is -2.41. The summed E-state index contributed by atoms with van der Waals surface area (Å²) in [4.78, 5) is 24.6. The molecule has 0 saturated heterocycles. The first-order valence-electron chi connectivity index (χ1n) is 10.1. The van der Waals surface area contributed by atoms with Gasteiger partial charge in [0.05, 0.1) is 13.2 Å². The van der Waals surface area contributed by atoms with Crippen molar-refractivity contribution in [2.75, 3.05) is 26.4 Å². The highest BCUT2D eigenvalue weighted by Gasteiger charge is 2.10. The standard InChI is InChI=1S/C23H30N2O5/c1-4-28-14-15-30-21-7-5-6-19(16-21)23(27)25-24-22(26)18-8-10-20(11-9-18)29-13-12-17(2)3/h5-11,16-17H,4,12-15H2,1-3H3,(H,24,26)(H,25,27). The molecule has 0 aromatic heterocycles. The normalized spacial score (nSPS) is 10.5. The van der Waals surface area contributed by atoms with Gasteiger partial charge >= 0.3 is 0 Å². The van der Waals surface area contributed by atoms with E-state index in [1.165, 1.54) is 0 Å². The average Bonchev–Trinajstić information content (AvgIpc) is 2.75. The van der Waals surface area contributed by atoms with Gasteiger partial charge in [-0.3, -0.25) is 20.4 Å². The summed E-state index contributed by atoms with van der Waals surface area (Å²) in [6, 6.07) is 13.5. The molecule has 162 valence electrons. The Bertz CT molecular complexity index is 805. The molecule has 2 aromatic carbocycles. The zero-order valence-electron chi connectivity index (χ0n) is 17.8. The van der Waals surface area contributed by atoms with Gasteiger partial charge in [-0.05, 0) is 61.7 Å². The minimum atomic E-state index is -0.438. The van der Waals surface area contributed by atoms with Crippen LogP contribution in [0.5, 0.6) is 11.5 Å². The lowest BCUT2D eigenvalue weighted by Gasteiger charge is -2.11. The fraction of sp³-hybridized carbons (Fsp3) is 0.391.